The molecule has 0 spiro atoms. The second-order valence-corrected chi connectivity index (χ2v) is 4.40. The van der Waals surface area contributed by atoms with Crippen LogP contribution < -0.4 is 5.73 Å². The molecular weight excluding hydrogens is 227 g/mol. The van der Waals surface area contributed by atoms with Crippen LogP contribution in [0.25, 0.3) is 0 Å². The average Bonchev–Trinajstić information content (AvgIpc) is 2.02. The molecule has 0 saturated heterocycles. The zero-order chi connectivity index (χ0) is 10.8. The van der Waals surface area contributed by atoms with Crippen LogP contribution in [0.3, 0.4) is 0 Å². The minimum atomic E-state index is -1.34. The van der Waals surface area contributed by atoms with Crippen molar-refractivity contribution in [3.05, 3.63) is 39.9 Å². The second-order valence-electron chi connectivity index (χ2n) is 2.86. The van der Waals surface area contributed by atoms with Crippen molar-refractivity contribution in [2.24, 2.45) is 5.73 Å². The van der Waals surface area contributed by atoms with Gasteiger partial charge in [-0.25, -0.2) is 0 Å². The van der Waals surface area contributed by atoms with Crippen LogP contribution in [0.2, 0.25) is 0 Å². The van der Waals surface area contributed by atoms with Crippen LogP contribution in [-0.4, -0.2) is 9.38 Å². The molecule has 0 fully saturated rings. The second kappa shape index (κ2) is 4.13. The first-order valence-electron chi connectivity index (χ1n) is 3.78. The van der Waals surface area contributed by atoms with Crippen LogP contribution in [0.5, 0.6) is 0 Å². The summed E-state index contributed by atoms with van der Waals surface area (Å²) >= 11 is 11.2. The van der Waals surface area contributed by atoms with E-state index in [0.29, 0.717) is 0 Å². The van der Waals surface area contributed by atoms with E-state index < -0.39 is 9.38 Å². The molecule has 0 aliphatic rings. The summed E-state index contributed by atoms with van der Waals surface area (Å²) in [6.45, 7) is 0. The molecule has 0 aliphatic heterocycles. The van der Waals surface area contributed by atoms with Gasteiger partial charge in [0.15, 0.2) is 4.46 Å². The maximum absolute atomic E-state index is 10.3. The van der Waals surface area contributed by atoms with Gasteiger partial charge in [-0.2, -0.15) is 0 Å². The van der Waals surface area contributed by atoms with Gasteiger partial charge in [0.2, 0.25) is 0 Å². The minimum Gasteiger partial charge on any atom is -0.300 e. The van der Waals surface area contributed by atoms with Crippen LogP contribution in [0.1, 0.15) is 5.56 Å². The number of nitro benzene ring substituents is 1. The van der Waals surface area contributed by atoms with Gasteiger partial charge >= 0.3 is 0 Å². The molecule has 0 saturated carbocycles. The highest BCUT2D eigenvalue weighted by Gasteiger charge is 2.17. The predicted octanol–water partition coefficient (Wildman–Crippen LogP) is 2.23. The third kappa shape index (κ3) is 3.49. The van der Waals surface area contributed by atoms with Gasteiger partial charge in [0.05, 0.1) is 4.92 Å². The number of nitro groups is 1. The summed E-state index contributed by atoms with van der Waals surface area (Å²) in [5.41, 5.74) is 6.14. The summed E-state index contributed by atoms with van der Waals surface area (Å²) in [6, 6.07) is 5.92. The van der Waals surface area contributed by atoms with Crippen LogP contribution >= 0.6 is 23.2 Å². The van der Waals surface area contributed by atoms with Crippen LogP contribution in [-0.2, 0) is 6.42 Å². The van der Waals surface area contributed by atoms with E-state index in [1.54, 1.807) is 12.1 Å². The smallest absolute Gasteiger partial charge is 0.269 e. The first-order valence-corrected chi connectivity index (χ1v) is 4.54. The van der Waals surface area contributed by atoms with Gasteiger partial charge < -0.3 is 0 Å². The van der Waals surface area contributed by atoms with Crippen LogP contribution in [0, 0.1) is 10.1 Å². The number of hydrogen-bond acceptors (Lipinski definition) is 3. The van der Waals surface area contributed by atoms with Gasteiger partial charge in [-0.3, -0.25) is 15.8 Å². The Morgan fingerprint density at radius 1 is 1.36 bits per heavy atom. The zero-order valence-electron chi connectivity index (χ0n) is 7.11. The van der Waals surface area contributed by atoms with E-state index in [4.69, 9.17) is 28.9 Å². The van der Waals surface area contributed by atoms with Gasteiger partial charge in [0.25, 0.3) is 5.69 Å². The normalized spacial score (nSPS) is 11.4. The molecule has 0 radical (unpaired) electrons. The summed E-state index contributed by atoms with van der Waals surface area (Å²) in [6.07, 6.45) is 0.244. The summed E-state index contributed by atoms with van der Waals surface area (Å²) in [4.78, 5) is 9.85. The lowest BCUT2D eigenvalue weighted by atomic mass is 10.1. The van der Waals surface area contributed by atoms with Crippen molar-refractivity contribution in [2.45, 2.75) is 10.9 Å². The molecule has 6 heteroatoms. The molecule has 0 atom stereocenters. The molecule has 0 amide bonds. The Labute approximate surface area is 90.8 Å². The molecule has 0 unspecified atom stereocenters. The van der Waals surface area contributed by atoms with Gasteiger partial charge in [0.1, 0.15) is 0 Å². The van der Waals surface area contributed by atoms with E-state index >= 15 is 0 Å². The highest BCUT2D eigenvalue weighted by atomic mass is 35.5. The Morgan fingerprint density at radius 2 is 1.86 bits per heavy atom. The number of non-ortho nitro benzene ring substituents is 1. The Morgan fingerprint density at radius 3 is 2.21 bits per heavy atom. The maximum atomic E-state index is 10.3. The molecule has 14 heavy (non-hydrogen) atoms. The van der Waals surface area contributed by atoms with Crippen molar-refractivity contribution in [2.75, 3.05) is 0 Å². The molecule has 4 nitrogen and oxygen atoms in total. The van der Waals surface area contributed by atoms with E-state index in [0.717, 1.165) is 5.56 Å². The Kier molecular flexibility index (Phi) is 3.31. The van der Waals surface area contributed by atoms with Gasteiger partial charge in [-0.05, 0) is 5.56 Å². The summed E-state index contributed by atoms with van der Waals surface area (Å²) in [5.74, 6) is 0. The van der Waals surface area contributed by atoms with E-state index in [9.17, 15) is 10.1 Å². The van der Waals surface area contributed by atoms with Crippen molar-refractivity contribution in [1.82, 2.24) is 0 Å². The Hall–Kier alpha value is -0.840. The standard InChI is InChI=1S/C8H8Cl2N2O2/c9-8(10,11)5-6-1-3-7(4-2-6)12(13)14/h1-4H,5,11H2. The molecule has 1 rings (SSSR count). The van der Waals surface area contributed by atoms with Crippen molar-refractivity contribution >= 4 is 28.9 Å². The van der Waals surface area contributed by atoms with E-state index in [1.165, 1.54) is 12.1 Å². The number of benzene rings is 1. The third-order valence-electron chi connectivity index (χ3n) is 1.59. The molecule has 0 bridgehead atoms. The van der Waals surface area contributed by atoms with Gasteiger partial charge in [-0.1, -0.05) is 35.3 Å². The Balaban J connectivity index is 2.79. The number of hydrogen-bond donors (Lipinski definition) is 1. The Bertz CT molecular complexity index is 332. The topological polar surface area (TPSA) is 69.2 Å². The third-order valence-corrected chi connectivity index (χ3v) is 1.85. The van der Waals surface area contributed by atoms with E-state index in [-0.39, 0.29) is 12.1 Å². The van der Waals surface area contributed by atoms with E-state index in [2.05, 4.69) is 0 Å². The fraction of sp³-hybridized carbons (Fsp3) is 0.250. The van der Waals surface area contributed by atoms with E-state index in [1.807, 2.05) is 0 Å². The molecule has 0 heterocycles. The van der Waals surface area contributed by atoms with Crippen LogP contribution in [0.15, 0.2) is 24.3 Å². The minimum absolute atomic E-state index is 0.0283. The van der Waals surface area contributed by atoms with Crippen molar-refractivity contribution in [1.29, 1.82) is 0 Å². The lowest BCUT2D eigenvalue weighted by Gasteiger charge is -2.12. The quantitative estimate of drug-likeness (QED) is 0.378. The lowest BCUT2D eigenvalue weighted by Crippen LogP contribution is -2.28. The lowest BCUT2D eigenvalue weighted by molar-refractivity contribution is -0.384. The van der Waals surface area contributed by atoms with Gasteiger partial charge in [-0.15, -0.1) is 0 Å². The molecular formula is C8H8Cl2N2O2. The molecule has 1 aromatic carbocycles. The van der Waals surface area contributed by atoms with Crippen molar-refractivity contribution in [3.63, 3.8) is 0 Å². The SMILES string of the molecule is NC(Cl)(Cl)Cc1ccc([N+](=O)[O-])cc1. The number of halogens is 2. The summed E-state index contributed by atoms with van der Waals surface area (Å²) < 4.78 is -1.34. The molecule has 0 aromatic heterocycles. The highest BCUT2D eigenvalue weighted by Crippen LogP contribution is 2.21. The van der Waals surface area contributed by atoms with Gasteiger partial charge in [0, 0.05) is 18.6 Å². The van der Waals surface area contributed by atoms with Crippen LogP contribution in [0.4, 0.5) is 5.69 Å². The fourth-order valence-corrected chi connectivity index (χ4v) is 1.32. The summed E-state index contributed by atoms with van der Waals surface area (Å²) in [5, 5.41) is 10.3. The molecule has 1 aromatic rings. The number of rotatable bonds is 3. The van der Waals surface area contributed by atoms with Crippen molar-refractivity contribution < 1.29 is 4.92 Å². The molecule has 2 N–H and O–H groups in total. The first-order chi connectivity index (χ1) is 6.38. The largest absolute Gasteiger partial charge is 0.300 e. The first kappa shape index (κ1) is 11.2. The molecule has 0 aliphatic carbocycles. The maximum Gasteiger partial charge on any atom is 0.269 e. The summed E-state index contributed by atoms with van der Waals surface area (Å²) in [7, 11) is 0. The highest BCUT2D eigenvalue weighted by molar-refractivity contribution is 6.47. The number of nitrogens with zero attached hydrogens (tertiary/aromatic N) is 1. The monoisotopic (exact) mass is 234 g/mol. The number of nitrogens with two attached hydrogens (primary N) is 1. The average molecular weight is 235 g/mol. The van der Waals surface area contributed by atoms with Crippen molar-refractivity contribution in [3.8, 4) is 0 Å². The zero-order valence-corrected chi connectivity index (χ0v) is 8.63. The molecule has 76 valence electrons. The number of alkyl halides is 2. The predicted molar refractivity (Wildman–Crippen MR) is 55.4 cm³/mol. The fourth-order valence-electron chi connectivity index (χ4n) is 1.01.